The Labute approximate surface area is 165 Å². The van der Waals surface area contributed by atoms with Crippen molar-refractivity contribution in [1.82, 2.24) is 20.1 Å². The minimum atomic E-state index is 0.234. The maximum Gasteiger partial charge on any atom is 0.222 e. The van der Waals surface area contributed by atoms with Gasteiger partial charge in [-0.2, -0.15) is 5.10 Å². The van der Waals surface area contributed by atoms with Crippen LogP contribution in [0.1, 0.15) is 47.6 Å². The number of amides is 1. The number of pyridine rings is 1. The van der Waals surface area contributed by atoms with Crippen LogP contribution in [0.25, 0.3) is 0 Å². The minimum absolute atomic E-state index is 0.234. The predicted molar refractivity (Wildman–Crippen MR) is 109 cm³/mol. The van der Waals surface area contributed by atoms with Crippen LogP contribution < -0.4 is 0 Å². The number of rotatable bonds is 6. The molecule has 144 valence electrons. The van der Waals surface area contributed by atoms with Gasteiger partial charge in [-0.05, 0) is 42.0 Å². The van der Waals surface area contributed by atoms with Gasteiger partial charge < -0.3 is 4.90 Å². The lowest BCUT2D eigenvalue weighted by Crippen LogP contribution is -2.39. The van der Waals surface area contributed by atoms with E-state index in [1.54, 1.807) is 6.20 Å². The second-order valence-electron chi connectivity index (χ2n) is 7.51. The van der Waals surface area contributed by atoms with Gasteiger partial charge in [-0.3, -0.25) is 14.9 Å². The number of likely N-dealkylation sites (tertiary alicyclic amines) is 1. The monoisotopic (exact) mass is 374 g/mol. The molecular weight excluding hydrogens is 348 g/mol. The number of aryl methyl sites for hydroxylation is 1. The molecule has 0 saturated carbocycles. The Morgan fingerprint density at radius 3 is 2.79 bits per heavy atom. The highest BCUT2D eigenvalue weighted by Crippen LogP contribution is 2.29. The van der Waals surface area contributed by atoms with E-state index in [0.29, 0.717) is 12.3 Å². The Morgan fingerprint density at radius 2 is 1.96 bits per heavy atom. The highest BCUT2D eigenvalue weighted by molar-refractivity contribution is 5.76. The van der Waals surface area contributed by atoms with Gasteiger partial charge in [-0.25, -0.2) is 0 Å². The fourth-order valence-corrected chi connectivity index (χ4v) is 4.03. The Hall–Kier alpha value is -2.95. The molecule has 1 amide bonds. The van der Waals surface area contributed by atoms with Crippen molar-refractivity contribution in [3.8, 4) is 0 Å². The molecule has 28 heavy (non-hydrogen) atoms. The summed E-state index contributed by atoms with van der Waals surface area (Å²) in [5.41, 5.74) is 4.82. The fourth-order valence-electron chi connectivity index (χ4n) is 4.03. The molecular formula is C23H26N4O. The summed E-state index contributed by atoms with van der Waals surface area (Å²) in [4.78, 5) is 18.9. The first kappa shape index (κ1) is 18.4. The largest absolute Gasteiger partial charge is 0.342 e. The van der Waals surface area contributed by atoms with Gasteiger partial charge in [-0.1, -0.05) is 36.4 Å². The van der Waals surface area contributed by atoms with Crippen LogP contribution in [0, 0.1) is 0 Å². The molecule has 1 unspecified atom stereocenters. The van der Waals surface area contributed by atoms with E-state index in [1.165, 1.54) is 16.8 Å². The second-order valence-corrected chi connectivity index (χ2v) is 7.51. The van der Waals surface area contributed by atoms with Crippen molar-refractivity contribution >= 4 is 5.91 Å². The van der Waals surface area contributed by atoms with Gasteiger partial charge in [0.1, 0.15) is 0 Å². The fraction of sp³-hybridized carbons (Fsp3) is 0.348. The van der Waals surface area contributed by atoms with E-state index < -0.39 is 0 Å². The molecule has 0 spiro atoms. The number of hydrogen-bond acceptors (Lipinski definition) is 3. The van der Waals surface area contributed by atoms with Crippen LogP contribution in [-0.4, -0.2) is 39.1 Å². The third-order valence-electron chi connectivity index (χ3n) is 5.52. The molecule has 5 nitrogen and oxygen atoms in total. The van der Waals surface area contributed by atoms with Gasteiger partial charge >= 0.3 is 0 Å². The number of piperidine rings is 1. The van der Waals surface area contributed by atoms with E-state index >= 15 is 0 Å². The van der Waals surface area contributed by atoms with Gasteiger partial charge in [0.2, 0.25) is 5.91 Å². The number of carbonyl (C=O) groups is 1. The molecule has 4 rings (SSSR count). The average molecular weight is 374 g/mol. The average Bonchev–Trinajstić information content (AvgIpc) is 3.22. The molecule has 3 aromatic rings. The molecule has 1 aliphatic rings. The lowest BCUT2D eigenvalue weighted by molar-refractivity contribution is -0.132. The van der Waals surface area contributed by atoms with E-state index in [-0.39, 0.29) is 5.91 Å². The molecule has 1 N–H and O–H groups in total. The van der Waals surface area contributed by atoms with Crippen LogP contribution >= 0.6 is 0 Å². The van der Waals surface area contributed by atoms with E-state index in [9.17, 15) is 4.79 Å². The summed E-state index contributed by atoms with van der Waals surface area (Å²) in [5, 5.41) is 7.52. The number of carbonyl (C=O) groups excluding carboxylic acids is 1. The first-order valence-corrected chi connectivity index (χ1v) is 10.0. The van der Waals surface area contributed by atoms with Crippen LogP contribution in [0.2, 0.25) is 0 Å². The lowest BCUT2D eigenvalue weighted by Gasteiger charge is -2.33. The Morgan fingerprint density at radius 1 is 1.11 bits per heavy atom. The topological polar surface area (TPSA) is 61.9 Å². The number of benzene rings is 1. The molecule has 1 aliphatic heterocycles. The number of hydrogen-bond donors (Lipinski definition) is 1. The van der Waals surface area contributed by atoms with Gasteiger partial charge in [0.15, 0.2) is 0 Å². The number of aromatic amines is 1. The molecule has 3 heterocycles. The van der Waals surface area contributed by atoms with Gasteiger partial charge in [-0.15, -0.1) is 0 Å². The molecule has 0 radical (unpaired) electrons. The van der Waals surface area contributed by atoms with Crippen molar-refractivity contribution in [3.63, 3.8) is 0 Å². The highest BCUT2D eigenvalue weighted by atomic mass is 16.2. The molecule has 1 aromatic carbocycles. The standard InChI is InChI=1S/C23H26N4O/c28-22(11-10-19-8-4-12-24-15-19)27-13-5-9-20(17-27)23-21(16-25-26-23)14-18-6-2-1-3-7-18/h1-4,6-8,12,15-16,20H,5,9-11,13-14,17H2,(H,25,26). The number of aromatic nitrogens is 3. The van der Waals surface area contributed by atoms with Crippen molar-refractivity contribution in [2.24, 2.45) is 0 Å². The third kappa shape index (κ3) is 4.47. The Balaban J connectivity index is 1.39. The van der Waals surface area contributed by atoms with Crippen LogP contribution in [0.15, 0.2) is 61.1 Å². The zero-order valence-electron chi connectivity index (χ0n) is 16.1. The van der Waals surface area contributed by atoms with Crippen molar-refractivity contribution in [2.45, 2.75) is 38.0 Å². The maximum atomic E-state index is 12.7. The number of nitrogens with one attached hydrogen (secondary N) is 1. The Bertz CT molecular complexity index is 891. The zero-order valence-corrected chi connectivity index (χ0v) is 16.1. The molecule has 1 fully saturated rings. The van der Waals surface area contributed by atoms with Crippen LogP contribution in [0.4, 0.5) is 0 Å². The zero-order chi connectivity index (χ0) is 19.2. The summed E-state index contributed by atoms with van der Waals surface area (Å²) < 4.78 is 0. The van der Waals surface area contributed by atoms with E-state index in [1.807, 2.05) is 35.5 Å². The SMILES string of the molecule is O=C(CCc1cccnc1)N1CCCC(c2[nH]ncc2Cc2ccccc2)C1. The van der Waals surface area contributed by atoms with Gasteiger partial charge in [0.05, 0.1) is 6.20 Å². The van der Waals surface area contributed by atoms with Crippen molar-refractivity contribution in [2.75, 3.05) is 13.1 Å². The van der Waals surface area contributed by atoms with Gasteiger partial charge in [0, 0.05) is 49.9 Å². The first-order valence-electron chi connectivity index (χ1n) is 10.0. The third-order valence-corrected chi connectivity index (χ3v) is 5.52. The van der Waals surface area contributed by atoms with Crippen molar-refractivity contribution in [3.05, 3.63) is 83.4 Å². The summed E-state index contributed by atoms with van der Waals surface area (Å²) in [6.45, 7) is 1.63. The molecule has 1 atom stereocenters. The summed E-state index contributed by atoms with van der Waals surface area (Å²) in [6, 6.07) is 14.4. The normalized spacial score (nSPS) is 16.9. The van der Waals surface area contributed by atoms with E-state index in [2.05, 4.69) is 39.4 Å². The number of nitrogens with zero attached hydrogens (tertiary/aromatic N) is 3. The van der Waals surface area contributed by atoms with Crippen molar-refractivity contribution in [1.29, 1.82) is 0 Å². The highest BCUT2D eigenvalue weighted by Gasteiger charge is 2.27. The summed E-state index contributed by atoms with van der Waals surface area (Å²) in [6.07, 6.45) is 9.83. The lowest BCUT2D eigenvalue weighted by atomic mass is 9.90. The Kier molecular flexibility index (Phi) is 5.80. The van der Waals surface area contributed by atoms with Gasteiger partial charge in [0.25, 0.3) is 0 Å². The maximum absolute atomic E-state index is 12.7. The number of H-pyrrole nitrogens is 1. The quantitative estimate of drug-likeness (QED) is 0.715. The smallest absolute Gasteiger partial charge is 0.222 e. The molecule has 5 heteroatoms. The minimum Gasteiger partial charge on any atom is -0.342 e. The van der Waals surface area contributed by atoms with E-state index in [0.717, 1.165) is 44.3 Å². The molecule has 1 saturated heterocycles. The van der Waals surface area contributed by atoms with E-state index in [4.69, 9.17) is 0 Å². The van der Waals surface area contributed by atoms with Crippen LogP contribution in [-0.2, 0) is 17.6 Å². The summed E-state index contributed by atoms with van der Waals surface area (Å²) >= 11 is 0. The van der Waals surface area contributed by atoms with Crippen LogP contribution in [0.3, 0.4) is 0 Å². The van der Waals surface area contributed by atoms with Crippen molar-refractivity contribution < 1.29 is 4.79 Å². The molecule has 0 aliphatic carbocycles. The summed E-state index contributed by atoms with van der Waals surface area (Å²) in [5.74, 6) is 0.565. The second kappa shape index (κ2) is 8.83. The summed E-state index contributed by atoms with van der Waals surface area (Å²) in [7, 11) is 0. The predicted octanol–water partition coefficient (Wildman–Crippen LogP) is 3.73. The molecule has 2 aromatic heterocycles. The van der Waals surface area contributed by atoms with Crippen LogP contribution in [0.5, 0.6) is 0 Å². The molecule has 0 bridgehead atoms. The first-order chi connectivity index (χ1) is 13.8.